The first-order valence-electron chi connectivity index (χ1n) is 6.50. The van der Waals surface area contributed by atoms with Crippen molar-refractivity contribution in [3.05, 3.63) is 69.7 Å². The van der Waals surface area contributed by atoms with E-state index in [-0.39, 0.29) is 0 Å². The Morgan fingerprint density at radius 3 is 1.91 bits per heavy atom. The van der Waals surface area contributed by atoms with Crippen molar-refractivity contribution >= 4 is 15.9 Å². The van der Waals surface area contributed by atoms with Crippen LogP contribution in [0.25, 0.3) is 0 Å². The number of benzene rings is 2. The van der Waals surface area contributed by atoms with Crippen LogP contribution in [0.2, 0.25) is 0 Å². The maximum Gasteiger partial charge on any atom is 0.457 e. The summed E-state index contributed by atoms with van der Waals surface area (Å²) in [6.45, 7) is 1.54. The molecule has 0 saturated carbocycles. The SMILES string of the molecule is Cc1cccc(C(O)(c2ccc(Br)cc2)C(F)(F)C(F)(F)F)c1. The van der Waals surface area contributed by atoms with E-state index in [1.807, 2.05) is 0 Å². The maximum atomic E-state index is 14.2. The first kappa shape index (κ1) is 17.9. The molecule has 0 amide bonds. The Kier molecular flexibility index (Phi) is 4.56. The minimum Gasteiger partial charge on any atom is -0.374 e. The highest BCUT2D eigenvalue weighted by Crippen LogP contribution is 2.51. The molecule has 2 aromatic carbocycles. The lowest BCUT2D eigenvalue weighted by molar-refractivity contribution is -0.336. The third-order valence-electron chi connectivity index (χ3n) is 3.51. The number of hydrogen-bond acceptors (Lipinski definition) is 1. The van der Waals surface area contributed by atoms with Crippen molar-refractivity contribution in [1.82, 2.24) is 0 Å². The van der Waals surface area contributed by atoms with Crippen molar-refractivity contribution < 1.29 is 27.1 Å². The lowest BCUT2D eigenvalue weighted by atomic mass is 9.80. The fraction of sp³-hybridized carbons (Fsp3) is 0.250. The molecule has 2 aromatic rings. The molecule has 1 unspecified atom stereocenters. The summed E-state index contributed by atoms with van der Waals surface area (Å²) in [6.07, 6.45) is -5.92. The highest BCUT2D eigenvalue weighted by molar-refractivity contribution is 9.10. The minimum absolute atomic E-state index is 0.455. The largest absolute Gasteiger partial charge is 0.457 e. The molecule has 0 spiro atoms. The molecule has 1 N–H and O–H groups in total. The molecule has 7 heteroatoms. The molecule has 0 radical (unpaired) electrons. The molecule has 23 heavy (non-hydrogen) atoms. The van der Waals surface area contributed by atoms with Crippen molar-refractivity contribution in [3.63, 3.8) is 0 Å². The van der Waals surface area contributed by atoms with E-state index in [1.165, 1.54) is 31.2 Å². The standard InChI is InChI=1S/C16H12BrF5O/c1-10-3-2-4-12(9-10)14(23,15(18,19)16(20,21)22)11-5-7-13(17)8-6-11/h2-9,23H,1H3. The van der Waals surface area contributed by atoms with Gasteiger partial charge < -0.3 is 5.11 Å². The summed E-state index contributed by atoms with van der Waals surface area (Å²) in [6, 6.07) is 9.68. The van der Waals surface area contributed by atoms with Gasteiger partial charge >= 0.3 is 12.1 Å². The molecule has 0 aromatic heterocycles. The van der Waals surface area contributed by atoms with Gasteiger partial charge in [0.2, 0.25) is 0 Å². The molecular weight excluding hydrogens is 383 g/mol. The summed E-state index contributed by atoms with van der Waals surface area (Å²) in [5, 5.41) is 10.5. The molecule has 0 heterocycles. The topological polar surface area (TPSA) is 20.2 Å². The fourth-order valence-corrected chi connectivity index (χ4v) is 2.56. The van der Waals surface area contributed by atoms with E-state index in [0.29, 0.717) is 10.0 Å². The Labute approximate surface area is 137 Å². The summed E-state index contributed by atoms with van der Waals surface area (Å²) >= 11 is 3.08. The summed E-state index contributed by atoms with van der Waals surface area (Å²) < 4.78 is 67.8. The molecule has 0 fully saturated rings. The summed E-state index contributed by atoms with van der Waals surface area (Å²) in [5.74, 6) is -5.37. The summed E-state index contributed by atoms with van der Waals surface area (Å²) in [4.78, 5) is 0. The van der Waals surface area contributed by atoms with Crippen LogP contribution in [0.3, 0.4) is 0 Å². The van der Waals surface area contributed by atoms with Crippen LogP contribution < -0.4 is 0 Å². The predicted octanol–water partition coefficient (Wildman–Crippen LogP) is 5.19. The highest BCUT2D eigenvalue weighted by Gasteiger charge is 2.71. The van der Waals surface area contributed by atoms with Gasteiger partial charge in [-0.3, -0.25) is 0 Å². The fourth-order valence-electron chi connectivity index (χ4n) is 2.30. The first-order chi connectivity index (χ1) is 10.5. The molecule has 0 aliphatic carbocycles. The number of hydrogen-bond donors (Lipinski definition) is 1. The average molecular weight is 395 g/mol. The number of halogens is 6. The Bertz CT molecular complexity index is 696. The van der Waals surface area contributed by atoms with Crippen LogP contribution in [-0.2, 0) is 5.60 Å². The third kappa shape index (κ3) is 2.99. The van der Waals surface area contributed by atoms with E-state index in [2.05, 4.69) is 15.9 Å². The van der Waals surface area contributed by atoms with Gasteiger partial charge in [0, 0.05) is 4.47 Å². The lowest BCUT2D eigenvalue weighted by Gasteiger charge is -2.37. The number of rotatable bonds is 3. The van der Waals surface area contributed by atoms with E-state index < -0.39 is 28.8 Å². The zero-order chi connectivity index (χ0) is 17.5. The van der Waals surface area contributed by atoms with Crippen molar-refractivity contribution in [2.24, 2.45) is 0 Å². The molecule has 0 saturated heterocycles. The van der Waals surface area contributed by atoms with Crippen molar-refractivity contribution in [2.45, 2.75) is 24.6 Å². The van der Waals surface area contributed by atoms with Crippen LogP contribution in [0.5, 0.6) is 0 Å². The first-order valence-corrected chi connectivity index (χ1v) is 7.29. The quantitative estimate of drug-likeness (QED) is 0.710. The van der Waals surface area contributed by atoms with Gasteiger partial charge in [-0.15, -0.1) is 0 Å². The molecule has 0 bridgehead atoms. The van der Waals surface area contributed by atoms with Gasteiger partial charge in [-0.1, -0.05) is 57.9 Å². The van der Waals surface area contributed by atoms with Crippen molar-refractivity contribution in [2.75, 3.05) is 0 Å². The summed E-state index contributed by atoms with van der Waals surface area (Å²) in [5.41, 5.74) is -4.15. The summed E-state index contributed by atoms with van der Waals surface area (Å²) in [7, 11) is 0. The van der Waals surface area contributed by atoms with Gasteiger partial charge in [-0.2, -0.15) is 22.0 Å². The van der Waals surface area contributed by atoms with Crippen LogP contribution in [0.4, 0.5) is 22.0 Å². The second-order valence-corrected chi connectivity index (χ2v) is 6.07. The molecule has 124 valence electrons. The molecule has 2 rings (SSSR count). The Hall–Kier alpha value is -1.47. The van der Waals surface area contributed by atoms with Crippen LogP contribution in [0, 0.1) is 6.92 Å². The van der Waals surface area contributed by atoms with Crippen molar-refractivity contribution in [3.8, 4) is 0 Å². The lowest BCUT2D eigenvalue weighted by Crippen LogP contribution is -2.55. The van der Waals surface area contributed by atoms with E-state index in [0.717, 1.165) is 24.3 Å². The number of alkyl halides is 5. The van der Waals surface area contributed by atoms with Gasteiger partial charge in [0.05, 0.1) is 0 Å². The van der Waals surface area contributed by atoms with Gasteiger partial charge in [0.1, 0.15) is 0 Å². The van der Waals surface area contributed by atoms with E-state index >= 15 is 0 Å². The monoisotopic (exact) mass is 394 g/mol. The molecule has 0 aliphatic rings. The van der Waals surface area contributed by atoms with E-state index in [1.54, 1.807) is 0 Å². The van der Waals surface area contributed by atoms with E-state index in [9.17, 15) is 27.1 Å². The zero-order valence-corrected chi connectivity index (χ0v) is 13.4. The predicted molar refractivity (Wildman–Crippen MR) is 79.3 cm³/mol. The second kappa shape index (κ2) is 5.87. The van der Waals surface area contributed by atoms with Crippen LogP contribution >= 0.6 is 15.9 Å². The molecule has 0 aliphatic heterocycles. The van der Waals surface area contributed by atoms with Crippen LogP contribution in [-0.4, -0.2) is 17.2 Å². The maximum absolute atomic E-state index is 14.2. The normalized spacial score (nSPS) is 15.3. The van der Waals surface area contributed by atoms with Crippen molar-refractivity contribution in [1.29, 1.82) is 0 Å². The van der Waals surface area contributed by atoms with Gasteiger partial charge in [0.15, 0.2) is 5.60 Å². The highest BCUT2D eigenvalue weighted by atomic mass is 79.9. The smallest absolute Gasteiger partial charge is 0.374 e. The van der Waals surface area contributed by atoms with Gasteiger partial charge in [0.25, 0.3) is 0 Å². The number of aliphatic hydroxyl groups is 1. The minimum atomic E-state index is -5.92. The third-order valence-corrected chi connectivity index (χ3v) is 4.04. The van der Waals surface area contributed by atoms with Gasteiger partial charge in [-0.25, -0.2) is 0 Å². The molecule has 1 atom stereocenters. The molecular formula is C16H12BrF5O. The second-order valence-electron chi connectivity index (χ2n) is 5.16. The Morgan fingerprint density at radius 1 is 0.870 bits per heavy atom. The zero-order valence-electron chi connectivity index (χ0n) is 11.8. The Balaban J connectivity index is 2.77. The average Bonchev–Trinajstić information content (AvgIpc) is 2.45. The number of aryl methyl sites for hydroxylation is 1. The van der Waals surface area contributed by atoms with E-state index in [4.69, 9.17) is 0 Å². The van der Waals surface area contributed by atoms with Crippen LogP contribution in [0.1, 0.15) is 16.7 Å². The Morgan fingerprint density at radius 2 is 1.43 bits per heavy atom. The molecule has 1 nitrogen and oxygen atoms in total. The van der Waals surface area contributed by atoms with Crippen LogP contribution in [0.15, 0.2) is 53.0 Å². The van der Waals surface area contributed by atoms with Gasteiger partial charge in [-0.05, 0) is 30.2 Å².